The van der Waals surface area contributed by atoms with Gasteiger partial charge in [-0.2, -0.15) is 0 Å². The van der Waals surface area contributed by atoms with Crippen LogP contribution in [0.2, 0.25) is 0 Å². The summed E-state index contributed by atoms with van der Waals surface area (Å²) in [5.41, 5.74) is 0. The molecule has 0 aromatic carbocycles. The van der Waals surface area contributed by atoms with Crippen LogP contribution in [0.15, 0.2) is 4.99 Å². The van der Waals surface area contributed by atoms with E-state index >= 15 is 0 Å². The van der Waals surface area contributed by atoms with Gasteiger partial charge >= 0.3 is 0 Å². The van der Waals surface area contributed by atoms with Crippen LogP contribution in [0.5, 0.6) is 0 Å². The van der Waals surface area contributed by atoms with E-state index in [0.717, 1.165) is 58.2 Å². The Kier molecular flexibility index (Phi) is 7.78. The van der Waals surface area contributed by atoms with Crippen molar-refractivity contribution in [2.45, 2.75) is 32.2 Å². The van der Waals surface area contributed by atoms with Crippen LogP contribution < -0.4 is 10.6 Å². The number of hydrogen-bond donors (Lipinski definition) is 2. The highest BCUT2D eigenvalue weighted by Crippen LogP contribution is 2.17. The molecule has 0 aromatic heterocycles. The van der Waals surface area contributed by atoms with Crippen molar-refractivity contribution < 1.29 is 9.53 Å². The van der Waals surface area contributed by atoms with E-state index in [4.69, 9.17) is 4.74 Å². The first-order chi connectivity index (χ1) is 11.6. The Morgan fingerprint density at radius 1 is 1.29 bits per heavy atom. The van der Waals surface area contributed by atoms with E-state index in [0.29, 0.717) is 12.0 Å². The zero-order chi connectivity index (χ0) is 17.4. The molecule has 7 nitrogen and oxygen atoms in total. The van der Waals surface area contributed by atoms with E-state index in [-0.39, 0.29) is 12.5 Å². The number of hydrogen-bond acceptors (Lipinski definition) is 4. The molecule has 1 atom stereocenters. The Bertz CT molecular complexity index is 413. The number of rotatable bonds is 6. The van der Waals surface area contributed by atoms with Gasteiger partial charge in [-0.25, -0.2) is 4.99 Å². The largest absolute Gasteiger partial charge is 0.381 e. The maximum absolute atomic E-state index is 11.7. The summed E-state index contributed by atoms with van der Waals surface area (Å²) in [6.45, 7) is 8.27. The molecule has 2 saturated heterocycles. The quantitative estimate of drug-likeness (QED) is 0.532. The van der Waals surface area contributed by atoms with Gasteiger partial charge in [-0.05, 0) is 32.1 Å². The number of likely N-dealkylation sites (N-methyl/N-ethyl adjacent to an activating group) is 1. The number of amides is 1. The van der Waals surface area contributed by atoms with Crippen LogP contribution in [0, 0.1) is 5.92 Å². The van der Waals surface area contributed by atoms with Gasteiger partial charge in [0, 0.05) is 52.9 Å². The SMILES string of the molecule is CCNC(=NCC(=O)N(C)C)NC1CCN(CC2CCOC2)CC1. The Labute approximate surface area is 145 Å². The highest BCUT2D eigenvalue weighted by molar-refractivity contribution is 5.84. The molecule has 1 amide bonds. The molecule has 2 rings (SSSR count). The second kappa shape index (κ2) is 9.84. The van der Waals surface area contributed by atoms with Crippen LogP contribution in [0.1, 0.15) is 26.2 Å². The van der Waals surface area contributed by atoms with E-state index in [1.807, 2.05) is 6.92 Å². The summed E-state index contributed by atoms with van der Waals surface area (Å²) in [6, 6.07) is 0.424. The van der Waals surface area contributed by atoms with Gasteiger partial charge in [-0.1, -0.05) is 0 Å². The molecule has 2 N–H and O–H groups in total. The monoisotopic (exact) mass is 339 g/mol. The average molecular weight is 339 g/mol. The predicted octanol–water partition coefficient (Wildman–Crippen LogP) is 0.131. The van der Waals surface area contributed by atoms with E-state index in [2.05, 4.69) is 20.5 Å². The molecular formula is C17H33N5O2. The highest BCUT2D eigenvalue weighted by Gasteiger charge is 2.24. The molecular weight excluding hydrogens is 306 g/mol. The maximum Gasteiger partial charge on any atom is 0.243 e. The summed E-state index contributed by atoms with van der Waals surface area (Å²) in [6.07, 6.45) is 3.43. The molecule has 2 aliphatic heterocycles. The van der Waals surface area contributed by atoms with Gasteiger partial charge in [-0.15, -0.1) is 0 Å². The van der Waals surface area contributed by atoms with E-state index in [1.54, 1.807) is 19.0 Å². The van der Waals surface area contributed by atoms with Crippen LogP contribution in [-0.4, -0.2) is 87.7 Å². The summed E-state index contributed by atoms with van der Waals surface area (Å²) in [5.74, 6) is 1.47. The molecule has 24 heavy (non-hydrogen) atoms. The van der Waals surface area contributed by atoms with Gasteiger partial charge in [-0.3, -0.25) is 4.79 Å². The zero-order valence-corrected chi connectivity index (χ0v) is 15.4. The van der Waals surface area contributed by atoms with Crippen molar-refractivity contribution in [3.8, 4) is 0 Å². The van der Waals surface area contributed by atoms with E-state index in [1.165, 1.54) is 6.42 Å². The fourth-order valence-corrected chi connectivity index (χ4v) is 3.15. The molecule has 0 bridgehead atoms. The van der Waals surface area contributed by atoms with Crippen molar-refractivity contribution in [2.75, 3.05) is 60.0 Å². The summed E-state index contributed by atoms with van der Waals surface area (Å²) in [4.78, 5) is 20.2. The first-order valence-corrected chi connectivity index (χ1v) is 9.13. The minimum atomic E-state index is 0.0146. The lowest BCUT2D eigenvalue weighted by Gasteiger charge is -2.34. The maximum atomic E-state index is 11.7. The summed E-state index contributed by atoms with van der Waals surface area (Å²) in [5, 5.41) is 6.71. The van der Waals surface area contributed by atoms with Crippen molar-refractivity contribution in [2.24, 2.45) is 10.9 Å². The fraction of sp³-hybridized carbons (Fsp3) is 0.882. The van der Waals surface area contributed by atoms with Crippen LogP contribution in [0.3, 0.4) is 0 Å². The lowest BCUT2D eigenvalue weighted by atomic mass is 10.0. The standard InChI is InChI=1S/C17H33N5O2/c1-4-18-17(19-11-16(23)21(2)3)20-15-5-8-22(9-6-15)12-14-7-10-24-13-14/h14-15H,4-13H2,1-3H3,(H2,18,19,20). The molecule has 7 heteroatoms. The Hall–Kier alpha value is -1.34. The minimum Gasteiger partial charge on any atom is -0.381 e. The molecule has 2 heterocycles. The van der Waals surface area contributed by atoms with Crippen molar-refractivity contribution in [1.29, 1.82) is 0 Å². The first kappa shape index (κ1) is 19.0. The van der Waals surface area contributed by atoms with Crippen molar-refractivity contribution >= 4 is 11.9 Å². The third-order valence-electron chi connectivity index (χ3n) is 4.68. The lowest BCUT2D eigenvalue weighted by molar-refractivity contribution is -0.127. The number of likely N-dealkylation sites (tertiary alicyclic amines) is 1. The normalized spacial score (nSPS) is 23.3. The third-order valence-corrected chi connectivity index (χ3v) is 4.68. The number of nitrogens with one attached hydrogen (secondary N) is 2. The number of nitrogens with zero attached hydrogens (tertiary/aromatic N) is 3. The number of guanidine groups is 1. The van der Waals surface area contributed by atoms with Crippen LogP contribution in [0.25, 0.3) is 0 Å². The van der Waals surface area contributed by atoms with Gasteiger partial charge < -0.3 is 25.2 Å². The second-order valence-electron chi connectivity index (χ2n) is 6.93. The molecule has 2 fully saturated rings. The molecule has 0 spiro atoms. The van der Waals surface area contributed by atoms with Crippen LogP contribution in [0.4, 0.5) is 0 Å². The van der Waals surface area contributed by atoms with Crippen LogP contribution in [-0.2, 0) is 9.53 Å². The Morgan fingerprint density at radius 2 is 2.04 bits per heavy atom. The smallest absolute Gasteiger partial charge is 0.243 e. The first-order valence-electron chi connectivity index (χ1n) is 9.13. The molecule has 0 aromatic rings. The van der Waals surface area contributed by atoms with Crippen molar-refractivity contribution in [3.63, 3.8) is 0 Å². The molecule has 1 unspecified atom stereocenters. The highest BCUT2D eigenvalue weighted by atomic mass is 16.5. The number of carbonyl (C=O) groups is 1. The average Bonchev–Trinajstić information content (AvgIpc) is 3.07. The predicted molar refractivity (Wildman–Crippen MR) is 96.2 cm³/mol. The van der Waals surface area contributed by atoms with Crippen molar-refractivity contribution in [3.05, 3.63) is 0 Å². The zero-order valence-electron chi connectivity index (χ0n) is 15.4. The number of aliphatic imine (C=N–C) groups is 1. The summed E-state index contributed by atoms with van der Waals surface area (Å²) < 4.78 is 5.47. The lowest BCUT2D eigenvalue weighted by Crippen LogP contribution is -2.49. The van der Waals surface area contributed by atoms with Gasteiger partial charge in [0.15, 0.2) is 5.96 Å². The van der Waals surface area contributed by atoms with Crippen molar-refractivity contribution in [1.82, 2.24) is 20.4 Å². The number of piperidine rings is 1. The second-order valence-corrected chi connectivity index (χ2v) is 6.93. The minimum absolute atomic E-state index is 0.0146. The van der Waals surface area contributed by atoms with Gasteiger partial charge in [0.2, 0.25) is 5.91 Å². The molecule has 0 saturated carbocycles. The third kappa shape index (κ3) is 6.28. The summed E-state index contributed by atoms with van der Waals surface area (Å²) in [7, 11) is 3.51. The molecule has 138 valence electrons. The van der Waals surface area contributed by atoms with Gasteiger partial charge in [0.05, 0.1) is 6.61 Å². The fourth-order valence-electron chi connectivity index (χ4n) is 3.15. The Balaban J connectivity index is 1.74. The molecule has 0 aliphatic carbocycles. The van der Waals surface area contributed by atoms with Crippen LogP contribution >= 0.6 is 0 Å². The Morgan fingerprint density at radius 3 is 2.62 bits per heavy atom. The number of ether oxygens (including phenoxy) is 1. The topological polar surface area (TPSA) is 69.2 Å². The van der Waals surface area contributed by atoms with E-state index in [9.17, 15) is 4.79 Å². The molecule has 2 aliphatic rings. The summed E-state index contributed by atoms with van der Waals surface area (Å²) >= 11 is 0. The number of carbonyl (C=O) groups excluding carboxylic acids is 1. The van der Waals surface area contributed by atoms with E-state index < -0.39 is 0 Å². The van der Waals surface area contributed by atoms with Gasteiger partial charge in [0.25, 0.3) is 0 Å². The van der Waals surface area contributed by atoms with Gasteiger partial charge in [0.1, 0.15) is 6.54 Å². The molecule has 0 radical (unpaired) electrons.